The van der Waals surface area contributed by atoms with E-state index in [1.54, 1.807) is 6.33 Å². The number of fused-ring (bicyclic) bond motifs is 1. The first-order valence-corrected chi connectivity index (χ1v) is 11.1. The van der Waals surface area contributed by atoms with Crippen molar-refractivity contribution in [3.63, 3.8) is 0 Å². The van der Waals surface area contributed by atoms with E-state index in [-0.39, 0.29) is 0 Å². The van der Waals surface area contributed by atoms with Gasteiger partial charge in [0.15, 0.2) is 0 Å². The molecule has 2 aromatic carbocycles. The molecule has 144 valence electrons. The first-order valence-electron chi connectivity index (χ1n) is 9.26. The lowest BCUT2D eigenvalue weighted by Crippen LogP contribution is -2.30. The molecule has 0 radical (unpaired) electrons. The number of aryl methyl sites for hydroxylation is 1. The van der Waals surface area contributed by atoms with Gasteiger partial charge in [0.05, 0.1) is 36.7 Å². The highest BCUT2D eigenvalue weighted by Gasteiger charge is 2.25. The number of benzene rings is 2. The molecule has 28 heavy (non-hydrogen) atoms. The van der Waals surface area contributed by atoms with Crippen molar-refractivity contribution in [2.45, 2.75) is 19.4 Å². The molecule has 1 aromatic heterocycles. The number of aromatic nitrogens is 2. The van der Waals surface area contributed by atoms with Gasteiger partial charge in [-0.05, 0) is 35.6 Å². The van der Waals surface area contributed by atoms with Crippen molar-refractivity contribution in [3.05, 3.63) is 89.5 Å². The predicted molar refractivity (Wildman–Crippen MR) is 113 cm³/mol. The smallest absolute Gasteiger partial charge is 0.232 e. The standard InChI is InChI=1S/C22H23N3O2S/c1-24-16-23-14-22(24)20-12-6-11-19-18(20)10-7-13-21(19)25(28(2,26)27)15-17-8-4-3-5-9-17/h3-5,7-10,12-14,16H,6,11,15H2,1-2H3. The number of hydrogen-bond donors (Lipinski definition) is 0. The van der Waals surface area contributed by atoms with E-state index >= 15 is 0 Å². The SMILES string of the molecule is Cn1cncc1C1=CCCc2c1cccc2N(Cc1ccccc1)S(C)(=O)=O. The topological polar surface area (TPSA) is 55.2 Å². The number of imidazole rings is 1. The molecule has 1 aliphatic rings. The van der Waals surface area contributed by atoms with Gasteiger partial charge in [-0.3, -0.25) is 4.31 Å². The Bertz CT molecular complexity index is 1130. The van der Waals surface area contributed by atoms with Crippen LogP contribution in [0.25, 0.3) is 5.57 Å². The Balaban J connectivity index is 1.82. The number of rotatable bonds is 5. The Morgan fingerprint density at radius 2 is 1.89 bits per heavy atom. The van der Waals surface area contributed by atoms with Gasteiger partial charge in [-0.2, -0.15) is 0 Å². The number of anilines is 1. The minimum atomic E-state index is -3.43. The Morgan fingerprint density at radius 3 is 2.57 bits per heavy atom. The first-order chi connectivity index (χ1) is 13.4. The van der Waals surface area contributed by atoms with Crippen LogP contribution in [0.1, 0.15) is 28.8 Å². The van der Waals surface area contributed by atoms with Gasteiger partial charge < -0.3 is 4.57 Å². The van der Waals surface area contributed by atoms with Gasteiger partial charge in [0.25, 0.3) is 0 Å². The molecule has 0 aliphatic heterocycles. The summed E-state index contributed by atoms with van der Waals surface area (Å²) in [6.07, 6.45) is 8.81. The zero-order valence-electron chi connectivity index (χ0n) is 16.0. The van der Waals surface area contributed by atoms with E-state index in [9.17, 15) is 8.42 Å². The summed E-state index contributed by atoms with van der Waals surface area (Å²) in [7, 11) is -1.46. The van der Waals surface area contributed by atoms with Crippen molar-refractivity contribution in [3.8, 4) is 0 Å². The fourth-order valence-electron chi connectivity index (χ4n) is 3.78. The van der Waals surface area contributed by atoms with Gasteiger partial charge in [-0.1, -0.05) is 48.5 Å². The van der Waals surface area contributed by atoms with E-state index in [1.165, 1.54) is 10.6 Å². The number of hydrogen-bond acceptors (Lipinski definition) is 3. The molecule has 4 rings (SSSR count). The molecular formula is C22H23N3O2S. The maximum atomic E-state index is 12.7. The molecule has 0 fully saturated rings. The molecule has 0 unspecified atom stereocenters. The van der Waals surface area contributed by atoms with Crippen LogP contribution in [0.5, 0.6) is 0 Å². The Labute approximate surface area is 166 Å². The molecule has 0 saturated carbocycles. The lowest BCUT2D eigenvalue weighted by atomic mass is 9.88. The Kier molecular flexibility index (Phi) is 4.81. The summed E-state index contributed by atoms with van der Waals surface area (Å²) in [6.45, 7) is 0.320. The van der Waals surface area contributed by atoms with Crippen LogP contribution in [0.2, 0.25) is 0 Å². The highest BCUT2D eigenvalue weighted by Crippen LogP contribution is 2.37. The number of sulfonamides is 1. The minimum absolute atomic E-state index is 0.320. The summed E-state index contributed by atoms with van der Waals surface area (Å²) < 4.78 is 28.9. The van der Waals surface area contributed by atoms with Crippen molar-refractivity contribution >= 4 is 21.3 Å². The van der Waals surface area contributed by atoms with Gasteiger partial charge in [-0.25, -0.2) is 13.4 Å². The van der Waals surface area contributed by atoms with Crippen molar-refractivity contribution in [1.29, 1.82) is 0 Å². The molecule has 0 atom stereocenters. The van der Waals surface area contributed by atoms with Crippen LogP contribution >= 0.6 is 0 Å². The summed E-state index contributed by atoms with van der Waals surface area (Å²) in [4.78, 5) is 4.24. The largest absolute Gasteiger partial charge is 0.334 e. The fraction of sp³-hybridized carbons (Fsp3) is 0.227. The highest BCUT2D eigenvalue weighted by molar-refractivity contribution is 7.92. The lowest BCUT2D eigenvalue weighted by Gasteiger charge is -2.28. The fourth-order valence-corrected chi connectivity index (χ4v) is 4.70. The molecule has 1 aliphatic carbocycles. The molecule has 3 aromatic rings. The van der Waals surface area contributed by atoms with Crippen LogP contribution in [-0.4, -0.2) is 24.2 Å². The van der Waals surface area contributed by atoms with Crippen LogP contribution in [0, 0.1) is 0 Å². The van der Waals surface area contributed by atoms with Crippen molar-refractivity contribution < 1.29 is 8.42 Å². The first kappa shape index (κ1) is 18.5. The molecule has 0 bridgehead atoms. The summed E-state index contributed by atoms with van der Waals surface area (Å²) in [5, 5.41) is 0. The molecule has 0 amide bonds. The predicted octanol–water partition coefficient (Wildman–Crippen LogP) is 3.76. The Hall–Kier alpha value is -2.86. The molecule has 5 nitrogen and oxygen atoms in total. The maximum Gasteiger partial charge on any atom is 0.232 e. The van der Waals surface area contributed by atoms with E-state index in [0.717, 1.165) is 46.5 Å². The number of allylic oxidation sites excluding steroid dienone is 1. The molecule has 0 saturated heterocycles. The van der Waals surface area contributed by atoms with Gasteiger partial charge in [-0.15, -0.1) is 0 Å². The van der Waals surface area contributed by atoms with Crippen molar-refractivity contribution in [2.75, 3.05) is 10.6 Å². The van der Waals surface area contributed by atoms with E-state index in [0.29, 0.717) is 6.54 Å². The Morgan fingerprint density at radius 1 is 1.11 bits per heavy atom. The van der Waals surface area contributed by atoms with Gasteiger partial charge in [0, 0.05) is 12.6 Å². The molecule has 0 spiro atoms. The van der Waals surface area contributed by atoms with Crippen LogP contribution < -0.4 is 4.31 Å². The van der Waals surface area contributed by atoms with E-state index in [4.69, 9.17) is 0 Å². The number of nitrogens with zero attached hydrogens (tertiary/aromatic N) is 3. The maximum absolute atomic E-state index is 12.7. The summed E-state index contributed by atoms with van der Waals surface area (Å²) >= 11 is 0. The third-order valence-corrected chi connectivity index (χ3v) is 6.24. The second-order valence-corrected chi connectivity index (χ2v) is 9.01. The van der Waals surface area contributed by atoms with Crippen LogP contribution in [0.15, 0.2) is 67.1 Å². The highest BCUT2D eigenvalue weighted by atomic mass is 32.2. The summed E-state index contributed by atoms with van der Waals surface area (Å²) in [5.74, 6) is 0. The normalized spacial score (nSPS) is 13.7. The monoisotopic (exact) mass is 393 g/mol. The molecule has 0 N–H and O–H groups in total. The minimum Gasteiger partial charge on any atom is -0.334 e. The molecular weight excluding hydrogens is 370 g/mol. The van der Waals surface area contributed by atoms with E-state index in [1.807, 2.05) is 60.3 Å². The lowest BCUT2D eigenvalue weighted by molar-refractivity contribution is 0.596. The zero-order valence-corrected chi connectivity index (χ0v) is 16.9. The molecule has 6 heteroatoms. The average molecular weight is 394 g/mol. The second-order valence-electron chi connectivity index (χ2n) is 7.10. The van der Waals surface area contributed by atoms with Gasteiger partial charge in [0.2, 0.25) is 10.0 Å². The van der Waals surface area contributed by atoms with Crippen molar-refractivity contribution in [2.24, 2.45) is 7.05 Å². The quantitative estimate of drug-likeness (QED) is 0.663. The zero-order chi connectivity index (χ0) is 19.7. The third kappa shape index (κ3) is 3.47. The van der Waals surface area contributed by atoms with Crippen LogP contribution in [0.3, 0.4) is 0 Å². The van der Waals surface area contributed by atoms with Crippen LogP contribution in [-0.2, 0) is 30.0 Å². The van der Waals surface area contributed by atoms with Crippen molar-refractivity contribution in [1.82, 2.24) is 9.55 Å². The second kappa shape index (κ2) is 7.28. The summed E-state index contributed by atoms with van der Waals surface area (Å²) in [6, 6.07) is 15.6. The van der Waals surface area contributed by atoms with Gasteiger partial charge in [0.1, 0.15) is 0 Å². The summed E-state index contributed by atoms with van der Waals surface area (Å²) in [5.41, 5.74) is 6.01. The van der Waals surface area contributed by atoms with E-state index in [2.05, 4.69) is 17.1 Å². The third-order valence-electron chi connectivity index (χ3n) is 5.11. The van der Waals surface area contributed by atoms with Gasteiger partial charge >= 0.3 is 0 Å². The van der Waals surface area contributed by atoms with E-state index < -0.39 is 10.0 Å². The average Bonchev–Trinajstić information content (AvgIpc) is 3.11. The van der Waals surface area contributed by atoms with Crippen LogP contribution in [0.4, 0.5) is 5.69 Å². The molecule has 1 heterocycles.